The van der Waals surface area contributed by atoms with E-state index in [1.54, 1.807) is 0 Å². The molecule has 2 fully saturated rings. The number of anilines is 1. The molecular formula is C22H31N5O. The first-order valence-electron chi connectivity index (χ1n) is 11.1. The zero-order valence-corrected chi connectivity index (χ0v) is 16.9. The van der Waals surface area contributed by atoms with Gasteiger partial charge in [0, 0.05) is 30.8 Å². The average Bonchev–Trinajstić information content (AvgIpc) is 3.34. The topological polar surface area (TPSA) is 64.3 Å². The van der Waals surface area contributed by atoms with Crippen LogP contribution in [0.4, 0.5) is 5.69 Å². The molecule has 0 bridgehead atoms. The van der Waals surface area contributed by atoms with Crippen molar-refractivity contribution in [2.45, 2.75) is 95.7 Å². The Balaban J connectivity index is 1.51. The molecule has 6 nitrogen and oxygen atoms in total. The number of fused-ring (bicyclic) bond motifs is 1. The van der Waals surface area contributed by atoms with Crippen LogP contribution < -0.4 is 5.32 Å². The molecule has 2 saturated carbocycles. The molecule has 2 aromatic rings. The van der Waals surface area contributed by atoms with Crippen molar-refractivity contribution in [2.75, 3.05) is 5.32 Å². The fourth-order valence-corrected chi connectivity index (χ4v) is 5.21. The zero-order chi connectivity index (χ0) is 19.0. The fraction of sp³-hybridized carbons (Fsp3) is 0.682. The van der Waals surface area contributed by atoms with Crippen LogP contribution in [0.1, 0.15) is 83.1 Å². The lowest BCUT2D eigenvalue weighted by molar-refractivity contribution is -0.0449. The van der Waals surface area contributed by atoms with E-state index < -0.39 is 0 Å². The molecule has 0 radical (unpaired) electrons. The molecule has 3 heterocycles. The van der Waals surface area contributed by atoms with Gasteiger partial charge in [-0.25, -0.2) is 9.67 Å². The molecule has 3 aliphatic rings. The Morgan fingerprint density at radius 1 is 1.11 bits per heavy atom. The van der Waals surface area contributed by atoms with E-state index in [9.17, 15) is 0 Å². The molecule has 0 atom stereocenters. The molecule has 150 valence electrons. The molecule has 5 rings (SSSR count). The highest BCUT2D eigenvalue weighted by molar-refractivity contribution is 6.10. The molecule has 0 aromatic carbocycles. The third kappa shape index (κ3) is 3.16. The predicted molar refractivity (Wildman–Crippen MR) is 112 cm³/mol. The highest BCUT2D eigenvalue weighted by atomic mass is 16.7. The number of nitrogens with zero attached hydrogens (tertiary/aromatic N) is 4. The second kappa shape index (κ2) is 7.37. The third-order valence-corrected chi connectivity index (χ3v) is 6.83. The fourth-order valence-electron chi connectivity index (χ4n) is 5.21. The van der Waals surface area contributed by atoms with Crippen LogP contribution >= 0.6 is 0 Å². The van der Waals surface area contributed by atoms with Crippen molar-refractivity contribution in [3.8, 4) is 0 Å². The maximum Gasteiger partial charge on any atom is 0.159 e. The van der Waals surface area contributed by atoms with Crippen molar-refractivity contribution in [2.24, 2.45) is 5.16 Å². The van der Waals surface area contributed by atoms with Crippen molar-refractivity contribution < 1.29 is 4.84 Å². The van der Waals surface area contributed by atoms with Crippen LogP contribution in [-0.2, 0) is 11.4 Å². The van der Waals surface area contributed by atoms with Crippen LogP contribution in [-0.4, -0.2) is 32.1 Å². The van der Waals surface area contributed by atoms with E-state index in [1.165, 1.54) is 51.4 Å². The summed E-state index contributed by atoms with van der Waals surface area (Å²) in [6, 6.07) is 0.523. The van der Waals surface area contributed by atoms with Crippen molar-refractivity contribution in [1.82, 2.24) is 14.8 Å². The van der Waals surface area contributed by atoms with Gasteiger partial charge in [0.15, 0.2) is 5.65 Å². The van der Waals surface area contributed by atoms with Crippen molar-refractivity contribution in [3.05, 3.63) is 18.0 Å². The Morgan fingerprint density at radius 3 is 2.68 bits per heavy atom. The van der Waals surface area contributed by atoms with E-state index in [0.717, 1.165) is 53.8 Å². The molecule has 2 aromatic heterocycles. The molecule has 0 unspecified atom stereocenters. The van der Waals surface area contributed by atoms with Gasteiger partial charge in [-0.15, -0.1) is 0 Å². The minimum atomic E-state index is -0.0712. The van der Waals surface area contributed by atoms with E-state index in [2.05, 4.69) is 22.5 Å². The molecule has 28 heavy (non-hydrogen) atoms. The molecule has 2 aliphatic carbocycles. The Bertz CT molecular complexity index is 874. The van der Waals surface area contributed by atoms with Crippen LogP contribution in [0, 0.1) is 0 Å². The summed E-state index contributed by atoms with van der Waals surface area (Å²) >= 11 is 0. The summed E-state index contributed by atoms with van der Waals surface area (Å²) in [5.41, 5.74) is 4.21. The Kier molecular flexibility index (Phi) is 4.73. The average molecular weight is 382 g/mol. The van der Waals surface area contributed by atoms with E-state index in [-0.39, 0.29) is 5.60 Å². The summed E-state index contributed by atoms with van der Waals surface area (Å²) in [4.78, 5) is 10.8. The third-order valence-electron chi connectivity index (χ3n) is 6.83. The molecular weight excluding hydrogens is 350 g/mol. The number of oxime groups is 1. The minimum Gasteiger partial charge on any atom is -0.389 e. The van der Waals surface area contributed by atoms with Crippen LogP contribution in [0.15, 0.2) is 17.5 Å². The van der Waals surface area contributed by atoms with E-state index >= 15 is 0 Å². The van der Waals surface area contributed by atoms with Gasteiger partial charge in [-0.05, 0) is 45.4 Å². The van der Waals surface area contributed by atoms with Gasteiger partial charge >= 0.3 is 0 Å². The van der Waals surface area contributed by atoms with Gasteiger partial charge in [0.2, 0.25) is 0 Å². The highest BCUT2D eigenvalue weighted by Crippen LogP contribution is 2.41. The van der Waals surface area contributed by atoms with Crippen LogP contribution in [0.25, 0.3) is 11.0 Å². The lowest BCUT2D eigenvalue weighted by Gasteiger charge is -2.30. The largest absolute Gasteiger partial charge is 0.389 e. The second-order valence-corrected chi connectivity index (χ2v) is 8.77. The first-order valence-corrected chi connectivity index (χ1v) is 11.1. The Hall–Kier alpha value is -2.11. The SMILES string of the molecule is CCn1ncc2c(NC3CCCCC3)c(C3=NOC4(CCCCC4)C3)cnc21. The van der Waals surface area contributed by atoms with E-state index in [4.69, 9.17) is 9.82 Å². The number of aromatic nitrogens is 3. The first-order chi connectivity index (χ1) is 13.8. The summed E-state index contributed by atoms with van der Waals surface area (Å²) in [5.74, 6) is 0. The summed E-state index contributed by atoms with van der Waals surface area (Å²) in [6.07, 6.45) is 17.4. The number of pyridine rings is 1. The molecule has 0 amide bonds. The molecule has 1 aliphatic heterocycles. The van der Waals surface area contributed by atoms with Crippen molar-refractivity contribution in [3.63, 3.8) is 0 Å². The number of rotatable bonds is 4. The lowest BCUT2D eigenvalue weighted by atomic mass is 9.80. The minimum absolute atomic E-state index is 0.0712. The summed E-state index contributed by atoms with van der Waals surface area (Å²) in [7, 11) is 0. The van der Waals surface area contributed by atoms with Gasteiger partial charge in [-0.1, -0.05) is 30.8 Å². The second-order valence-electron chi connectivity index (χ2n) is 8.77. The normalized spacial score (nSPS) is 22.4. The maximum atomic E-state index is 6.04. The zero-order valence-electron chi connectivity index (χ0n) is 16.9. The number of aryl methyl sites for hydroxylation is 1. The van der Waals surface area contributed by atoms with E-state index in [1.807, 2.05) is 17.1 Å². The quantitative estimate of drug-likeness (QED) is 0.807. The van der Waals surface area contributed by atoms with Crippen molar-refractivity contribution >= 4 is 22.4 Å². The van der Waals surface area contributed by atoms with Crippen LogP contribution in [0.2, 0.25) is 0 Å². The van der Waals surface area contributed by atoms with E-state index in [0.29, 0.717) is 6.04 Å². The first kappa shape index (κ1) is 18.0. The van der Waals surface area contributed by atoms with Gasteiger partial charge in [0.25, 0.3) is 0 Å². The summed E-state index contributed by atoms with van der Waals surface area (Å²) in [5, 5.41) is 14.1. The lowest BCUT2D eigenvalue weighted by Crippen LogP contribution is -2.32. The van der Waals surface area contributed by atoms with Gasteiger partial charge in [-0.2, -0.15) is 5.10 Å². The number of nitrogens with one attached hydrogen (secondary N) is 1. The van der Waals surface area contributed by atoms with Gasteiger partial charge in [0.1, 0.15) is 5.60 Å². The maximum absolute atomic E-state index is 6.04. The van der Waals surface area contributed by atoms with Crippen LogP contribution in [0.5, 0.6) is 0 Å². The summed E-state index contributed by atoms with van der Waals surface area (Å²) < 4.78 is 1.97. The molecule has 6 heteroatoms. The Morgan fingerprint density at radius 2 is 1.89 bits per heavy atom. The smallest absolute Gasteiger partial charge is 0.159 e. The monoisotopic (exact) mass is 381 g/mol. The number of hydrogen-bond donors (Lipinski definition) is 1. The van der Waals surface area contributed by atoms with Crippen LogP contribution in [0.3, 0.4) is 0 Å². The molecule has 0 saturated heterocycles. The Labute approximate surface area is 166 Å². The molecule has 1 N–H and O–H groups in total. The number of hydrogen-bond acceptors (Lipinski definition) is 5. The van der Waals surface area contributed by atoms with Gasteiger partial charge < -0.3 is 10.2 Å². The highest BCUT2D eigenvalue weighted by Gasteiger charge is 2.41. The van der Waals surface area contributed by atoms with Gasteiger partial charge in [0.05, 0.1) is 23.0 Å². The predicted octanol–water partition coefficient (Wildman–Crippen LogP) is 5.02. The van der Waals surface area contributed by atoms with Crippen molar-refractivity contribution in [1.29, 1.82) is 0 Å². The standard InChI is InChI=1S/C22H31N5O/c1-2-27-21-18(15-24-27)20(25-16-9-5-3-6-10-16)17(14-23-21)19-13-22(28-26-19)11-7-4-8-12-22/h14-16H,2-13H2,1H3,(H,23,25). The van der Waals surface area contributed by atoms with Gasteiger partial charge in [-0.3, -0.25) is 0 Å². The molecule has 1 spiro atoms. The summed E-state index contributed by atoms with van der Waals surface area (Å²) in [6.45, 7) is 2.93.